The fourth-order valence-electron chi connectivity index (χ4n) is 9.61. The molecule has 8 aromatic carbocycles. The van der Waals surface area contributed by atoms with Crippen molar-refractivity contribution in [3.05, 3.63) is 222 Å². The lowest BCUT2D eigenvalue weighted by molar-refractivity contribution is 0.274. The van der Waals surface area contributed by atoms with E-state index in [-0.39, 0.29) is 12.1 Å². The van der Waals surface area contributed by atoms with Crippen LogP contribution in [0.4, 0.5) is 0 Å². The van der Waals surface area contributed by atoms with Gasteiger partial charge in [-0.25, -0.2) is 19.9 Å². The van der Waals surface area contributed by atoms with E-state index in [4.69, 9.17) is 24.7 Å². The number of nitrogens with zero attached hydrogens (tertiary/aromatic N) is 6. The minimum Gasteiger partial charge on any atom is -0.467 e. The van der Waals surface area contributed by atoms with Crippen LogP contribution in [0.25, 0.3) is 102 Å². The third-order valence-electron chi connectivity index (χ3n) is 12.7. The van der Waals surface area contributed by atoms with E-state index in [0.717, 1.165) is 66.7 Å². The molecule has 11 aromatic rings. The van der Waals surface area contributed by atoms with Gasteiger partial charge in [0.2, 0.25) is 5.90 Å². The molecule has 0 amide bonds. The molecule has 0 saturated heterocycles. The molecular weight excluding hydrogens is 797 g/mol. The number of ether oxygens (including phenoxy) is 1. The van der Waals surface area contributed by atoms with Crippen LogP contribution >= 0.6 is 0 Å². The maximum Gasteiger partial charge on any atom is 0.217 e. The van der Waals surface area contributed by atoms with Gasteiger partial charge in [0, 0.05) is 55.0 Å². The Bertz CT molecular complexity index is 3750. The summed E-state index contributed by atoms with van der Waals surface area (Å²) in [5.74, 6) is 2.58. The zero-order chi connectivity index (χ0) is 42.8. The molecule has 7 heteroatoms. The third kappa shape index (κ3) is 6.27. The summed E-state index contributed by atoms with van der Waals surface area (Å²) in [4.78, 5) is 20.1. The number of para-hydroxylation sites is 2. The molecular formula is C58H38N6O. The van der Waals surface area contributed by atoms with Crippen LogP contribution in [0.5, 0.6) is 0 Å². The normalized spacial score (nSPS) is 15.2. The van der Waals surface area contributed by atoms with Crippen LogP contribution in [-0.4, -0.2) is 42.1 Å². The molecule has 65 heavy (non-hydrogen) atoms. The van der Waals surface area contributed by atoms with E-state index < -0.39 is 0 Å². The van der Waals surface area contributed by atoms with Gasteiger partial charge in [0.05, 0.1) is 21.9 Å². The van der Waals surface area contributed by atoms with Gasteiger partial charge in [0.1, 0.15) is 12.1 Å². The fraction of sp³-hybridized carbons (Fsp3) is 0.0345. The van der Waals surface area contributed by atoms with Crippen molar-refractivity contribution in [2.24, 2.45) is 4.99 Å². The number of aliphatic imine (C=N–C) groups is 1. The quantitative estimate of drug-likeness (QED) is 0.160. The van der Waals surface area contributed by atoms with Crippen LogP contribution in [0.3, 0.4) is 0 Å². The first-order chi connectivity index (χ1) is 32.2. The highest BCUT2D eigenvalue weighted by Gasteiger charge is 2.32. The topological polar surface area (TPSA) is 70.1 Å². The first-order valence-electron chi connectivity index (χ1n) is 21.9. The van der Waals surface area contributed by atoms with Gasteiger partial charge in [-0.15, -0.1) is 0 Å². The first kappa shape index (κ1) is 36.9. The van der Waals surface area contributed by atoms with E-state index in [2.05, 4.69) is 149 Å². The summed E-state index contributed by atoms with van der Waals surface area (Å²) in [6.07, 6.45) is 4.38. The van der Waals surface area contributed by atoms with E-state index >= 15 is 0 Å². The molecule has 7 nitrogen and oxygen atoms in total. The van der Waals surface area contributed by atoms with Crippen molar-refractivity contribution in [3.63, 3.8) is 0 Å². The summed E-state index contributed by atoms with van der Waals surface area (Å²) >= 11 is 0. The Hall–Kier alpha value is -8.68. The summed E-state index contributed by atoms with van der Waals surface area (Å²) in [7, 11) is 0. The zero-order valence-corrected chi connectivity index (χ0v) is 35.0. The Kier molecular flexibility index (Phi) is 8.52. The van der Waals surface area contributed by atoms with Crippen LogP contribution in [0, 0.1) is 0 Å². The lowest BCUT2D eigenvalue weighted by Gasteiger charge is -2.14. The van der Waals surface area contributed by atoms with Gasteiger partial charge in [-0.2, -0.15) is 0 Å². The molecule has 2 aliphatic rings. The Morgan fingerprint density at radius 1 is 0.369 bits per heavy atom. The van der Waals surface area contributed by atoms with Crippen molar-refractivity contribution in [3.8, 4) is 56.7 Å². The average molecular weight is 835 g/mol. The second-order valence-corrected chi connectivity index (χ2v) is 16.6. The molecule has 3 aromatic heterocycles. The minimum absolute atomic E-state index is 0.111. The highest BCUT2D eigenvalue weighted by Crippen LogP contribution is 2.37. The maximum atomic E-state index is 6.54. The van der Waals surface area contributed by atoms with E-state index in [0.29, 0.717) is 23.4 Å². The van der Waals surface area contributed by atoms with E-state index in [1.165, 1.54) is 21.4 Å². The molecule has 2 unspecified atom stereocenters. The Labute approximate surface area is 374 Å². The smallest absolute Gasteiger partial charge is 0.217 e. The van der Waals surface area contributed by atoms with Crippen molar-refractivity contribution >= 4 is 50.8 Å². The molecule has 0 spiro atoms. The second-order valence-electron chi connectivity index (χ2n) is 16.6. The van der Waals surface area contributed by atoms with E-state index in [1.807, 2.05) is 78.9 Å². The van der Waals surface area contributed by atoms with Crippen molar-refractivity contribution < 1.29 is 4.74 Å². The van der Waals surface area contributed by atoms with Crippen LogP contribution in [0.1, 0.15) is 5.56 Å². The molecule has 0 radical (unpaired) electrons. The largest absolute Gasteiger partial charge is 0.467 e. The number of rotatable bonds is 7. The van der Waals surface area contributed by atoms with Gasteiger partial charge in [0.25, 0.3) is 0 Å². The molecule has 0 bridgehead atoms. The molecule has 2 atom stereocenters. The number of hydrogen-bond acceptors (Lipinski definition) is 5. The molecule has 13 rings (SSSR count). The Balaban J connectivity index is 0.928. The standard InChI is InChI=1S/C58H38N6O/c1-5-16-37(17-6-1)55-60-56(38-18-7-2-8-19-38)62-57(61-55)42-22-15-25-44(32-42)64-50-27-14-13-26-45(50)46-33-40(28-30-51(46)64)41-29-31-52-47(34-41)48-35-54-49(59-58(65-54)39-20-9-3-10-21-39)36-53(48)63(52)43-23-11-4-12-24-43/h1-36,49,54H. The molecule has 1 aliphatic heterocycles. The van der Waals surface area contributed by atoms with Crippen molar-refractivity contribution in [2.45, 2.75) is 12.1 Å². The molecule has 1 aliphatic carbocycles. The van der Waals surface area contributed by atoms with Crippen LogP contribution in [0.15, 0.2) is 211 Å². The summed E-state index contributed by atoms with van der Waals surface area (Å²) in [6, 6.07) is 71.8. The first-order valence-corrected chi connectivity index (χ1v) is 21.9. The third-order valence-corrected chi connectivity index (χ3v) is 12.7. The zero-order valence-electron chi connectivity index (χ0n) is 35.0. The van der Waals surface area contributed by atoms with Crippen molar-refractivity contribution in [2.75, 3.05) is 0 Å². The summed E-state index contributed by atoms with van der Waals surface area (Å²) in [5.41, 5.74) is 11.6. The molecule has 4 heterocycles. The second kappa shape index (κ2) is 15.0. The van der Waals surface area contributed by atoms with Gasteiger partial charge in [-0.05, 0) is 90.0 Å². The van der Waals surface area contributed by atoms with Crippen molar-refractivity contribution in [1.29, 1.82) is 0 Å². The van der Waals surface area contributed by atoms with Gasteiger partial charge >= 0.3 is 0 Å². The highest BCUT2D eigenvalue weighted by molar-refractivity contribution is 6.10. The number of benzene rings is 8. The maximum absolute atomic E-state index is 6.54. The number of hydrogen-bond donors (Lipinski definition) is 0. The van der Waals surface area contributed by atoms with Gasteiger partial charge < -0.3 is 13.9 Å². The van der Waals surface area contributed by atoms with Crippen molar-refractivity contribution in [1.82, 2.24) is 24.1 Å². The number of fused-ring (bicyclic) bond motifs is 7. The van der Waals surface area contributed by atoms with Crippen LogP contribution in [-0.2, 0) is 4.74 Å². The number of aromatic nitrogens is 5. The van der Waals surface area contributed by atoms with E-state index in [1.54, 1.807) is 0 Å². The monoisotopic (exact) mass is 834 g/mol. The average Bonchev–Trinajstić information content (AvgIpc) is 4.06. The highest BCUT2D eigenvalue weighted by atomic mass is 16.5. The molecule has 0 N–H and O–H groups in total. The lowest BCUT2D eigenvalue weighted by Crippen LogP contribution is -2.38. The van der Waals surface area contributed by atoms with E-state index in [9.17, 15) is 0 Å². The molecule has 306 valence electrons. The fourth-order valence-corrected chi connectivity index (χ4v) is 9.61. The Morgan fingerprint density at radius 2 is 0.892 bits per heavy atom. The van der Waals surface area contributed by atoms with Gasteiger partial charge in [-0.3, -0.25) is 0 Å². The predicted octanol–water partition coefficient (Wildman–Crippen LogP) is 11.4. The van der Waals surface area contributed by atoms with Crippen LogP contribution < -0.4 is 10.6 Å². The summed E-state index contributed by atoms with van der Waals surface area (Å²) in [6.45, 7) is 0. The SMILES string of the molecule is C1=c2c(n(-c3ccccc3)c3ccc(-c4ccc5c(c4)c4ccccc4n5-c4cccc(-c5nc(-c6ccccc6)nc(-c6ccccc6)n5)c4)cc23)=CC2N=C(c3ccccc3)OC12. The molecule has 0 saturated carbocycles. The minimum atomic E-state index is -0.181. The summed E-state index contributed by atoms with van der Waals surface area (Å²) < 4.78 is 11.3. The summed E-state index contributed by atoms with van der Waals surface area (Å²) in [5, 5.41) is 5.84. The Morgan fingerprint density at radius 3 is 1.57 bits per heavy atom. The van der Waals surface area contributed by atoms with Gasteiger partial charge in [-0.1, -0.05) is 140 Å². The predicted molar refractivity (Wildman–Crippen MR) is 263 cm³/mol. The lowest BCUT2D eigenvalue weighted by atomic mass is 9.99. The molecule has 0 fully saturated rings. The van der Waals surface area contributed by atoms with Gasteiger partial charge in [0.15, 0.2) is 17.5 Å². The van der Waals surface area contributed by atoms with Crippen LogP contribution in [0.2, 0.25) is 0 Å².